The van der Waals surface area contributed by atoms with Crippen molar-refractivity contribution in [1.29, 1.82) is 0 Å². The molecule has 6 heteroatoms. The van der Waals surface area contributed by atoms with Crippen molar-refractivity contribution in [3.05, 3.63) is 74.0 Å². The Morgan fingerprint density at radius 1 is 1.15 bits per heavy atom. The molecule has 3 rings (SSSR count). The van der Waals surface area contributed by atoms with Gasteiger partial charge >= 0.3 is 0 Å². The second-order valence-electron chi connectivity index (χ2n) is 6.16. The lowest BCUT2D eigenvalue weighted by Gasteiger charge is -2.09. The van der Waals surface area contributed by atoms with Gasteiger partial charge < -0.3 is 8.98 Å². The second kappa shape index (κ2) is 7.49. The number of benzene rings is 1. The molecular weight excluding hydrogens is 441 g/mol. The molecule has 1 N–H and O–H groups in total. The number of furan rings is 1. The molecule has 26 heavy (non-hydrogen) atoms. The monoisotopic (exact) mass is 461 g/mol. The van der Waals surface area contributed by atoms with Gasteiger partial charge in [0.2, 0.25) is 0 Å². The van der Waals surface area contributed by atoms with E-state index in [1.165, 1.54) is 3.57 Å². The first-order valence-corrected chi connectivity index (χ1v) is 9.30. The van der Waals surface area contributed by atoms with E-state index in [9.17, 15) is 4.79 Å². The SMILES string of the molecule is Cc1cc(C(=O)NN=Cc2cc(C)n(-c3ccc(I)cc3)c2C)c(C)o1. The summed E-state index contributed by atoms with van der Waals surface area (Å²) in [6.07, 6.45) is 1.67. The molecule has 5 nitrogen and oxygen atoms in total. The molecule has 0 unspecified atom stereocenters. The van der Waals surface area contributed by atoms with Gasteiger partial charge in [0.05, 0.1) is 11.8 Å². The smallest absolute Gasteiger partial charge is 0.274 e. The van der Waals surface area contributed by atoms with E-state index in [1.54, 1.807) is 19.2 Å². The van der Waals surface area contributed by atoms with Crippen LogP contribution in [-0.2, 0) is 0 Å². The molecule has 0 radical (unpaired) electrons. The summed E-state index contributed by atoms with van der Waals surface area (Å²) in [6.45, 7) is 7.67. The van der Waals surface area contributed by atoms with E-state index >= 15 is 0 Å². The van der Waals surface area contributed by atoms with Crippen molar-refractivity contribution in [2.24, 2.45) is 5.10 Å². The van der Waals surface area contributed by atoms with Crippen molar-refractivity contribution in [3.63, 3.8) is 0 Å². The molecule has 0 saturated carbocycles. The van der Waals surface area contributed by atoms with Crippen molar-refractivity contribution in [2.75, 3.05) is 0 Å². The fourth-order valence-corrected chi connectivity index (χ4v) is 3.34. The third kappa shape index (κ3) is 3.75. The Kier molecular flexibility index (Phi) is 5.31. The van der Waals surface area contributed by atoms with Crippen LogP contribution in [0.15, 0.2) is 45.9 Å². The van der Waals surface area contributed by atoms with Gasteiger partial charge in [-0.1, -0.05) is 0 Å². The highest BCUT2D eigenvalue weighted by Crippen LogP contribution is 2.20. The molecule has 0 saturated heterocycles. The number of amides is 1. The van der Waals surface area contributed by atoms with E-state index in [2.05, 4.69) is 74.9 Å². The third-order valence-corrected chi connectivity index (χ3v) is 4.93. The Hall–Kier alpha value is -2.35. The number of hydrogen-bond acceptors (Lipinski definition) is 3. The standard InChI is InChI=1S/C20H20IN3O2/c1-12-9-16(14(3)24(12)18-7-5-17(21)6-8-18)11-22-23-20(25)19-10-13(2)26-15(19)4/h5-11H,1-4H3,(H,23,25). The average molecular weight is 461 g/mol. The van der Waals surface area contributed by atoms with Crippen LogP contribution in [0.25, 0.3) is 5.69 Å². The van der Waals surface area contributed by atoms with E-state index in [4.69, 9.17) is 4.42 Å². The Balaban J connectivity index is 1.79. The quantitative estimate of drug-likeness (QED) is 0.349. The lowest BCUT2D eigenvalue weighted by Crippen LogP contribution is -2.17. The molecule has 134 valence electrons. The number of carbonyl (C=O) groups excluding carboxylic acids is 1. The largest absolute Gasteiger partial charge is 0.466 e. The molecule has 0 spiro atoms. The summed E-state index contributed by atoms with van der Waals surface area (Å²) >= 11 is 2.29. The number of halogens is 1. The summed E-state index contributed by atoms with van der Waals surface area (Å²) in [5.41, 5.74) is 7.31. The zero-order valence-electron chi connectivity index (χ0n) is 15.1. The minimum Gasteiger partial charge on any atom is -0.466 e. The molecule has 0 fully saturated rings. The van der Waals surface area contributed by atoms with Crippen LogP contribution in [0.3, 0.4) is 0 Å². The van der Waals surface area contributed by atoms with Crippen molar-refractivity contribution < 1.29 is 9.21 Å². The van der Waals surface area contributed by atoms with Crippen molar-refractivity contribution >= 4 is 34.7 Å². The van der Waals surface area contributed by atoms with Crippen molar-refractivity contribution in [2.45, 2.75) is 27.7 Å². The van der Waals surface area contributed by atoms with Gasteiger partial charge in [0.25, 0.3) is 5.91 Å². The van der Waals surface area contributed by atoms with Gasteiger partial charge in [-0.05, 0) is 86.7 Å². The zero-order chi connectivity index (χ0) is 18.8. The van der Waals surface area contributed by atoms with Gasteiger partial charge in [0.15, 0.2) is 0 Å². The first-order valence-electron chi connectivity index (χ1n) is 8.22. The minimum atomic E-state index is -0.276. The fourth-order valence-electron chi connectivity index (χ4n) is 2.98. The van der Waals surface area contributed by atoms with Gasteiger partial charge in [-0.15, -0.1) is 0 Å². The maximum absolute atomic E-state index is 12.2. The maximum Gasteiger partial charge on any atom is 0.274 e. The Morgan fingerprint density at radius 2 is 1.85 bits per heavy atom. The van der Waals surface area contributed by atoms with Crippen LogP contribution >= 0.6 is 22.6 Å². The van der Waals surface area contributed by atoms with Gasteiger partial charge in [0.1, 0.15) is 11.5 Å². The highest BCUT2D eigenvalue weighted by Gasteiger charge is 2.13. The van der Waals surface area contributed by atoms with E-state index in [-0.39, 0.29) is 5.91 Å². The molecule has 0 aliphatic heterocycles. The Morgan fingerprint density at radius 3 is 2.46 bits per heavy atom. The number of rotatable bonds is 4. The number of carbonyl (C=O) groups is 1. The highest BCUT2D eigenvalue weighted by atomic mass is 127. The molecule has 3 aromatic rings. The first kappa shape index (κ1) is 18.4. The molecule has 0 atom stereocenters. The van der Waals surface area contributed by atoms with E-state index in [0.29, 0.717) is 17.1 Å². The first-order chi connectivity index (χ1) is 12.4. The lowest BCUT2D eigenvalue weighted by molar-refractivity contribution is 0.0953. The number of nitrogens with zero attached hydrogens (tertiary/aromatic N) is 2. The third-order valence-electron chi connectivity index (χ3n) is 4.21. The molecule has 2 heterocycles. The molecular formula is C20H20IN3O2. The second-order valence-corrected chi connectivity index (χ2v) is 7.41. The lowest BCUT2D eigenvalue weighted by atomic mass is 10.2. The Labute approximate surface area is 166 Å². The topological polar surface area (TPSA) is 59.5 Å². The van der Waals surface area contributed by atoms with Crippen LogP contribution < -0.4 is 5.43 Å². The number of hydrazone groups is 1. The summed E-state index contributed by atoms with van der Waals surface area (Å²) in [7, 11) is 0. The molecule has 1 amide bonds. The predicted octanol–water partition coefficient (Wildman–Crippen LogP) is 4.67. The fraction of sp³-hybridized carbons (Fsp3) is 0.200. The van der Waals surface area contributed by atoms with Gasteiger partial charge in [-0.2, -0.15) is 5.10 Å². The van der Waals surface area contributed by atoms with E-state index < -0.39 is 0 Å². The van der Waals surface area contributed by atoms with Gasteiger partial charge in [-0.25, -0.2) is 5.43 Å². The predicted molar refractivity (Wildman–Crippen MR) is 111 cm³/mol. The van der Waals surface area contributed by atoms with Crippen LogP contribution in [-0.4, -0.2) is 16.7 Å². The summed E-state index contributed by atoms with van der Waals surface area (Å²) < 4.78 is 8.75. The zero-order valence-corrected chi connectivity index (χ0v) is 17.3. The van der Waals surface area contributed by atoms with Gasteiger partial charge in [0, 0.05) is 26.2 Å². The highest BCUT2D eigenvalue weighted by molar-refractivity contribution is 14.1. The molecule has 0 bridgehead atoms. The molecule has 0 aliphatic carbocycles. The Bertz CT molecular complexity index is 981. The van der Waals surface area contributed by atoms with Gasteiger partial charge in [-0.3, -0.25) is 4.79 Å². The van der Waals surface area contributed by atoms with Crippen molar-refractivity contribution in [3.8, 4) is 5.69 Å². The summed E-state index contributed by atoms with van der Waals surface area (Å²) in [5.74, 6) is 1.02. The van der Waals surface area contributed by atoms with Crippen LogP contribution in [0.4, 0.5) is 0 Å². The van der Waals surface area contributed by atoms with Crippen LogP contribution in [0.5, 0.6) is 0 Å². The van der Waals surface area contributed by atoms with Crippen LogP contribution in [0, 0.1) is 31.3 Å². The maximum atomic E-state index is 12.2. The number of nitrogens with one attached hydrogen (secondary N) is 1. The molecule has 1 aromatic carbocycles. The van der Waals surface area contributed by atoms with E-state index in [0.717, 1.165) is 22.6 Å². The summed E-state index contributed by atoms with van der Waals surface area (Å²) in [5, 5.41) is 4.11. The number of aromatic nitrogens is 1. The van der Waals surface area contributed by atoms with Crippen LogP contribution in [0.2, 0.25) is 0 Å². The number of hydrogen-bond donors (Lipinski definition) is 1. The number of aryl methyl sites for hydroxylation is 3. The van der Waals surface area contributed by atoms with Crippen LogP contribution in [0.1, 0.15) is 38.8 Å². The van der Waals surface area contributed by atoms with E-state index in [1.807, 2.05) is 13.8 Å². The normalized spacial score (nSPS) is 11.3. The average Bonchev–Trinajstić information content (AvgIpc) is 3.07. The summed E-state index contributed by atoms with van der Waals surface area (Å²) in [6, 6.07) is 12.1. The minimum absolute atomic E-state index is 0.276. The molecule has 0 aliphatic rings. The molecule has 2 aromatic heterocycles. The van der Waals surface area contributed by atoms with Crippen molar-refractivity contribution in [1.82, 2.24) is 9.99 Å². The summed E-state index contributed by atoms with van der Waals surface area (Å²) in [4.78, 5) is 12.2.